The first kappa shape index (κ1) is 15.9. The van der Waals surface area contributed by atoms with Gasteiger partial charge in [0.25, 0.3) is 0 Å². The summed E-state index contributed by atoms with van der Waals surface area (Å²) in [6.45, 7) is 9.74. The lowest BCUT2D eigenvalue weighted by molar-refractivity contribution is 0.0340. The molecule has 0 saturated carbocycles. The van der Waals surface area contributed by atoms with Gasteiger partial charge in [-0.15, -0.1) is 0 Å². The van der Waals surface area contributed by atoms with Gasteiger partial charge < -0.3 is 9.47 Å². The van der Waals surface area contributed by atoms with E-state index in [1.807, 2.05) is 6.92 Å². The second kappa shape index (κ2) is 13.0. The van der Waals surface area contributed by atoms with E-state index >= 15 is 0 Å². The normalized spacial score (nSPS) is 11.2. The van der Waals surface area contributed by atoms with Crippen LogP contribution in [0.4, 0.5) is 0 Å². The summed E-state index contributed by atoms with van der Waals surface area (Å²) in [6.07, 6.45) is 7.91. The lowest BCUT2D eigenvalue weighted by Gasteiger charge is -2.16. The molecule has 16 heavy (non-hydrogen) atoms. The number of unbranched alkanes of at least 4 members (excludes halogenated alkanes) is 2. The van der Waals surface area contributed by atoms with Gasteiger partial charge in [0.1, 0.15) is 0 Å². The van der Waals surface area contributed by atoms with Crippen molar-refractivity contribution in [2.24, 2.45) is 5.92 Å². The van der Waals surface area contributed by atoms with E-state index in [0.29, 0.717) is 0 Å². The van der Waals surface area contributed by atoms with Crippen molar-refractivity contribution in [3.63, 3.8) is 0 Å². The Morgan fingerprint density at radius 1 is 0.812 bits per heavy atom. The fourth-order valence-corrected chi connectivity index (χ4v) is 1.81. The fourth-order valence-electron chi connectivity index (χ4n) is 1.81. The van der Waals surface area contributed by atoms with Crippen LogP contribution < -0.4 is 0 Å². The Morgan fingerprint density at radius 3 is 1.88 bits per heavy atom. The van der Waals surface area contributed by atoms with Gasteiger partial charge in [0.15, 0.2) is 0 Å². The van der Waals surface area contributed by atoms with Crippen LogP contribution in [0.2, 0.25) is 0 Å². The van der Waals surface area contributed by atoms with E-state index in [4.69, 9.17) is 9.47 Å². The topological polar surface area (TPSA) is 18.5 Å². The molecule has 0 N–H and O–H groups in total. The predicted molar refractivity (Wildman–Crippen MR) is 69.9 cm³/mol. The summed E-state index contributed by atoms with van der Waals surface area (Å²) in [6, 6.07) is 0. The van der Waals surface area contributed by atoms with Gasteiger partial charge in [0, 0.05) is 13.2 Å². The van der Waals surface area contributed by atoms with Gasteiger partial charge >= 0.3 is 0 Å². The van der Waals surface area contributed by atoms with Crippen LogP contribution in [-0.4, -0.2) is 26.4 Å². The largest absolute Gasteiger partial charge is 0.379 e. The minimum absolute atomic E-state index is 0.741. The van der Waals surface area contributed by atoms with Crippen LogP contribution in [0.5, 0.6) is 0 Å². The molecule has 0 unspecified atom stereocenters. The first-order valence-electron chi connectivity index (χ1n) is 7.00. The first-order chi connectivity index (χ1) is 7.85. The Hall–Kier alpha value is -0.0800. The van der Waals surface area contributed by atoms with Crippen LogP contribution in [0.25, 0.3) is 0 Å². The summed E-state index contributed by atoms with van der Waals surface area (Å²) in [7, 11) is 0. The summed E-state index contributed by atoms with van der Waals surface area (Å²) in [4.78, 5) is 0. The molecule has 0 aliphatic rings. The molecule has 2 nitrogen and oxygen atoms in total. The maximum absolute atomic E-state index is 5.67. The number of hydrogen-bond donors (Lipinski definition) is 0. The molecule has 0 atom stereocenters. The molecular weight excluding hydrogens is 200 g/mol. The molecule has 0 fully saturated rings. The molecule has 0 aromatic rings. The van der Waals surface area contributed by atoms with E-state index in [-0.39, 0.29) is 0 Å². The summed E-state index contributed by atoms with van der Waals surface area (Å²) in [5, 5.41) is 0. The van der Waals surface area contributed by atoms with Crippen molar-refractivity contribution in [1.82, 2.24) is 0 Å². The van der Waals surface area contributed by atoms with Gasteiger partial charge in [-0.3, -0.25) is 0 Å². The second-order valence-electron chi connectivity index (χ2n) is 4.42. The average Bonchev–Trinajstić information content (AvgIpc) is 2.31. The highest BCUT2D eigenvalue weighted by Crippen LogP contribution is 2.16. The number of hydrogen-bond acceptors (Lipinski definition) is 2. The summed E-state index contributed by atoms with van der Waals surface area (Å²) < 4.78 is 10.9. The molecule has 0 aromatic carbocycles. The standard InChI is InChI=1S/C14H30O2/c1-4-7-9-14(10-8-5-2)13-16-12-11-15-6-3/h14H,4-13H2,1-3H3. The summed E-state index contributed by atoms with van der Waals surface area (Å²) in [5.41, 5.74) is 0. The van der Waals surface area contributed by atoms with Crippen LogP contribution in [0.1, 0.15) is 59.3 Å². The zero-order chi connectivity index (χ0) is 12.1. The first-order valence-corrected chi connectivity index (χ1v) is 7.00. The highest BCUT2D eigenvalue weighted by Gasteiger charge is 2.07. The smallest absolute Gasteiger partial charge is 0.0700 e. The zero-order valence-electron chi connectivity index (χ0n) is 11.5. The third-order valence-electron chi connectivity index (χ3n) is 2.86. The Labute approximate surface area is 102 Å². The van der Waals surface area contributed by atoms with E-state index in [1.54, 1.807) is 0 Å². The van der Waals surface area contributed by atoms with E-state index in [2.05, 4.69) is 13.8 Å². The van der Waals surface area contributed by atoms with Crippen molar-refractivity contribution in [1.29, 1.82) is 0 Å². The minimum Gasteiger partial charge on any atom is -0.379 e. The average molecular weight is 230 g/mol. The van der Waals surface area contributed by atoms with Gasteiger partial charge in [-0.2, -0.15) is 0 Å². The Kier molecular flexibility index (Phi) is 12.9. The van der Waals surface area contributed by atoms with Crippen LogP contribution in [0.3, 0.4) is 0 Å². The monoisotopic (exact) mass is 230 g/mol. The zero-order valence-corrected chi connectivity index (χ0v) is 11.5. The fraction of sp³-hybridized carbons (Fsp3) is 1.00. The van der Waals surface area contributed by atoms with Crippen LogP contribution in [-0.2, 0) is 9.47 Å². The quantitative estimate of drug-likeness (QED) is 0.471. The molecule has 2 heteroatoms. The molecule has 0 heterocycles. The van der Waals surface area contributed by atoms with Crippen LogP contribution in [0.15, 0.2) is 0 Å². The molecule has 0 radical (unpaired) electrons. The Bertz CT molecular complexity index is 118. The third-order valence-corrected chi connectivity index (χ3v) is 2.86. The van der Waals surface area contributed by atoms with Gasteiger partial charge in [0.2, 0.25) is 0 Å². The molecule has 0 saturated heterocycles. The molecule has 0 amide bonds. The highest BCUT2D eigenvalue weighted by molar-refractivity contribution is 4.58. The third kappa shape index (κ3) is 10.4. The van der Waals surface area contributed by atoms with Crippen molar-refractivity contribution < 1.29 is 9.47 Å². The SMILES string of the molecule is CCCCC(CCCC)COCCOCC. The number of ether oxygens (including phenoxy) is 2. The Morgan fingerprint density at radius 2 is 1.38 bits per heavy atom. The van der Waals surface area contributed by atoms with E-state index < -0.39 is 0 Å². The van der Waals surface area contributed by atoms with Crippen molar-refractivity contribution in [2.75, 3.05) is 26.4 Å². The van der Waals surface area contributed by atoms with Gasteiger partial charge in [-0.25, -0.2) is 0 Å². The maximum Gasteiger partial charge on any atom is 0.0700 e. The summed E-state index contributed by atoms with van der Waals surface area (Å²) in [5.74, 6) is 0.765. The summed E-state index contributed by atoms with van der Waals surface area (Å²) >= 11 is 0. The van der Waals surface area contributed by atoms with Crippen molar-refractivity contribution in [2.45, 2.75) is 59.3 Å². The van der Waals surface area contributed by atoms with Crippen LogP contribution >= 0.6 is 0 Å². The highest BCUT2D eigenvalue weighted by atomic mass is 16.5. The second-order valence-corrected chi connectivity index (χ2v) is 4.42. The van der Waals surface area contributed by atoms with Gasteiger partial charge in [-0.1, -0.05) is 39.5 Å². The molecule has 0 aromatic heterocycles. The van der Waals surface area contributed by atoms with Gasteiger partial charge in [-0.05, 0) is 25.7 Å². The molecule has 0 aliphatic carbocycles. The predicted octanol–water partition coefficient (Wildman–Crippen LogP) is 4.04. The van der Waals surface area contributed by atoms with Gasteiger partial charge in [0.05, 0.1) is 13.2 Å². The lowest BCUT2D eigenvalue weighted by atomic mass is 9.97. The van der Waals surface area contributed by atoms with Crippen LogP contribution in [0, 0.1) is 5.92 Å². The Balaban J connectivity index is 3.48. The van der Waals surface area contributed by atoms with Crippen molar-refractivity contribution in [3.8, 4) is 0 Å². The van der Waals surface area contributed by atoms with E-state index in [9.17, 15) is 0 Å². The molecule has 0 spiro atoms. The molecule has 0 aliphatic heterocycles. The van der Waals surface area contributed by atoms with Crippen molar-refractivity contribution >= 4 is 0 Å². The maximum atomic E-state index is 5.67. The van der Waals surface area contributed by atoms with E-state index in [0.717, 1.165) is 32.3 Å². The molecular formula is C14H30O2. The van der Waals surface area contributed by atoms with Crippen molar-refractivity contribution in [3.05, 3.63) is 0 Å². The lowest BCUT2D eigenvalue weighted by Crippen LogP contribution is -2.13. The van der Waals surface area contributed by atoms with E-state index in [1.165, 1.54) is 38.5 Å². The minimum atomic E-state index is 0.741. The molecule has 0 rings (SSSR count). The number of rotatable bonds is 12. The molecule has 98 valence electrons. The molecule has 0 bridgehead atoms.